The zero-order valence-corrected chi connectivity index (χ0v) is 13.8. The first kappa shape index (κ1) is 17.6. The number of rotatable bonds is 3. The van der Waals surface area contributed by atoms with Crippen molar-refractivity contribution in [2.24, 2.45) is 0 Å². The van der Waals surface area contributed by atoms with E-state index >= 15 is 0 Å². The van der Waals surface area contributed by atoms with Crippen molar-refractivity contribution in [3.63, 3.8) is 0 Å². The highest BCUT2D eigenvalue weighted by atomic mass is 127. The lowest BCUT2D eigenvalue weighted by Gasteiger charge is -2.10. The van der Waals surface area contributed by atoms with Gasteiger partial charge in [0.15, 0.2) is 23.3 Å². The first-order chi connectivity index (χ1) is 10.7. The van der Waals surface area contributed by atoms with E-state index in [0.717, 1.165) is 9.13 Å². The van der Waals surface area contributed by atoms with Crippen LogP contribution in [0.5, 0.6) is 0 Å². The van der Waals surface area contributed by atoms with E-state index in [0.29, 0.717) is 5.69 Å². The van der Waals surface area contributed by atoms with Gasteiger partial charge in [0.1, 0.15) is 0 Å². The lowest BCUT2D eigenvalue weighted by molar-refractivity contribution is -0.115. The lowest BCUT2D eigenvalue weighted by atomic mass is 10.1. The Morgan fingerprint density at radius 2 is 1.52 bits per heavy atom. The van der Waals surface area contributed by atoms with Gasteiger partial charge in [0.2, 0.25) is 11.7 Å². The van der Waals surface area contributed by atoms with E-state index < -0.39 is 47.0 Å². The van der Waals surface area contributed by atoms with Crippen molar-refractivity contribution in [1.29, 1.82) is 0 Å². The molecule has 0 fully saturated rings. The number of halogens is 6. The van der Waals surface area contributed by atoms with Gasteiger partial charge in [0, 0.05) is 14.8 Å². The second-order valence-electron chi connectivity index (χ2n) is 4.74. The van der Waals surface area contributed by atoms with E-state index in [1.54, 1.807) is 18.2 Å². The predicted molar refractivity (Wildman–Crippen MR) is 82.5 cm³/mol. The molecular weight excluding hydrogens is 432 g/mol. The summed E-state index contributed by atoms with van der Waals surface area (Å²) in [6.45, 7) is 1.85. The second kappa shape index (κ2) is 6.81. The average molecular weight is 441 g/mol. The highest BCUT2D eigenvalue weighted by Crippen LogP contribution is 2.24. The fourth-order valence-corrected chi connectivity index (χ4v) is 2.36. The van der Waals surface area contributed by atoms with Crippen LogP contribution in [-0.2, 0) is 11.2 Å². The Hall–Kier alpha value is -1.71. The van der Waals surface area contributed by atoms with Gasteiger partial charge in [0.25, 0.3) is 0 Å². The Morgan fingerprint density at radius 3 is 2.04 bits per heavy atom. The molecule has 0 radical (unpaired) electrons. The summed E-state index contributed by atoms with van der Waals surface area (Å²) in [6, 6.07) is 4.90. The molecule has 0 spiro atoms. The number of hydrogen-bond acceptors (Lipinski definition) is 1. The minimum absolute atomic E-state index is 0.355. The standard InChI is InChI=1S/C15H9F5INO/c1-6-2-3-7(4-9(6)21)22-10(23)5-8-11(16)13(18)15(20)14(19)12(8)17/h2-4H,5H2,1H3,(H,22,23). The van der Waals surface area contributed by atoms with Crippen molar-refractivity contribution in [3.05, 3.63) is 62.0 Å². The van der Waals surface area contributed by atoms with Crippen molar-refractivity contribution in [2.45, 2.75) is 13.3 Å². The summed E-state index contributed by atoms with van der Waals surface area (Å²) in [6.07, 6.45) is -0.976. The molecule has 0 aliphatic heterocycles. The Kier molecular flexibility index (Phi) is 5.23. The summed E-state index contributed by atoms with van der Waals surface area (Å²) >= 11 is 2.03. The summed E-state index contributed by atoms with van der Waals surface area (Å²) in [7, 11) is 0. The van der Waals surface area contributed by atoms with Crippen molar-refractivity contribution < 1.29 is 26.7 Å². The number of amides is 1. The third-order valence-electron chi connectivity index (χ3n) is 3.09. The van der Waals surface area contributed by atoms with Crippen LogP contribution in [0.15, 0.2) is 18.2 Å². The van der Waals surface area contributed by atoms with Gasteiger partial charge in [-0.1, -0.05) is 6.07 Å². The zero-order chi connectivity index (χ0) is 17.3. The molecule has 0 bridgehead atoms. The molecule has 0 unspecified atom stereocenters. The van der Waals surface area contributed by atoms with Gasteiger partial charge < -0.3 is 5.32 Å². The molecule has 122 valence electrons. The van der Waals surface area contributed by atoms with E-state index in [-0.39, 0.29) is 0 Å². The maximum atomic E-state index is 13.5. The fourth-order valence-electron chi connectivity index (χ4n) is 1.84. The highest BCUT2D eigenvalue weighted by molar-refractivity contribution is 14.1. The van der Waals surface area contributed by atoms with Gasteiger partial charge >= 0.3 is 0 Å². The van der Waals surface area contributed by atoms with Crippen molar-refractivity contribution in [2.75, 3.05) is 5.32 Å². The largest absolute Gasteiger partial charge is 0.326 e. The molecule has 8 heteroatoms. The van der Waals surface area contributed by atoms with Crippen LogP contribution in [0.25, 0.3) is 0 Å². The van der Waals surface area contributed by atoms with Crippen molar-refractivity contribution >= 4 is 34.2 Å². The zero-order valence-electron chi connectivity index (χ0n) is 11.6. The van der Waals surface area contributed by atoms with Crippen molar-refractivity contribution in [3.8, 4) is 0 Å². The first-order valence-corrected chi connectivity index (χ1v) is 7.36. The number of nitrogens with one attached hydrogen (secondary N) is 1. The molecule has 1 amide bonds. The molecule has 0 saturated carbocycles. The molecule has 2 rings (SSSR count). The quantitative estimate of drug-likeness (QED) is 0.324. The molecule has 0 aliphatic rings. The van der Waals surface area contributed by atoms with Crippen LogP contribution in [-0.4, -0.2) is 5.91 Å². The monoisotopic (exact) mass is 441 g/mol. The van der Waals surface area contributed by atoms with Crippen molar-refractivity contribution in [1.82, 2.24) is 0 Å². The number of anilines is 1. The molecule has 2 aromatic carbocycles. The van der Waals surface area contributed by atoms with Gasteiger partial charge in [-0.15, -0.1) is 0 Å². The molecule has 0 aromatic heterocycles. The minimum atomic E-state index is -2.25. The predicted octanol–water partition coefficient (Wildman–Crippen LogP) is 4.48. The maximum Gasteiger partial charge on any atom is 0.229 e. The Balaban J connectivity index is 2.25. The summed E-state index contributed by atoms with van der Waals surface area (Å²) in [5.74, 6) is -11.3. The highest BCUT2D eigenvalue weighted by Gasteiger charge is 2.26. The van der Waals surface area contributed by atoms with Crippen LogP contribution in [0, 0.1) is 39.6 Å². The van der Waals surface area contributed by atoms with E-state index in [1.165, 1.54) is 0 Å². The molecule has 0 saturated heterocycles. The Labute approximate surface area is 141 Å². The SMILES string of the molecule is Cc1ccc(NC(=O)Cc2c(F)c(F)c(F)c(F)c2F)cc1I. The number of benzene rings is 2. The van der Waals surface area contributed by atoms with Gasteiger partial charge in [-0.05, 0) is 47.2 Å². The smallest absolute Gasteiger partial charge is 0.229 e. The van der Waals surface area contributed by atoms with E-state index in [4.69, 9.17) is 0 Å². The fraction of sp³-hybridized carbons (Fsp3) is 0.133. The molecule has 0 atom stereocenters. The van der Waals surface area contributed by atoms with Crippen LogP contribution in [0.1, 0.15) is 11.1 Å². The van der Waals surface area contributed by atoms with Gasteiger partial charge in [-0.3, -0.25) is 4.79 Å². The normalized spacial score (nSPS) is 10.7. The Morgan fingerprint density at radius 1 is 1.00 bits per heavy atom. The van der Waals surface area contributed by atoms with Crippen LogP contribution in [0.4, 0.5) is 27.6 Å². The first-order valence-electron chi connectivity index (χ1n) is 6.28. The molecule has 2 aromatic rings. The summed E-state index contributed by atoms with van der Waals surface area (Å²) in [4.78, 5) is 11.8. The van der Waals surface area contributed by atoms with E-state index in [9.17, 15) is 26.7 Å². The summed E-state index contributed by atoms with van der Waals surface area (Å²) < 4.78 is 67.0. The Bertz CT molecular complexity index is 765. The molecule has 0 heterocycles. The van der Waals surface area contributed by atoms with E-state index in [1.807, 2.05) is 29.5 Å². The topological polar surface area (TPSA) is 29.1 Å². The lowest BCUT2D eigenvalue weighted by Crippen LogP contribution is -2.18. The van der Waals surface area contributed by atoms with Gasteiger partial charge in [0.05, 0.1) is 6.42 Å². The number of carbonyl (C=O) groups is 1. The van der Waals surface area contributed by atoms with Crippen LogP contribution >= 0.6 is 22.6 Å². The third-order valence-corrected chi connectivity index (χ3v) is 4.26. The second-order valence-corrected chi connectivity index (χ2v) is 5.90. The van der Waals surface area contributed by atoms with Crippen LogP contribution < -0.4 is 5.32 Å². The molecule has 2 nitrogen and oxygen atoms in total. The molecule has 1 N–H and O–H groups in total. The minimum Gasteiger partial charge on any atom is -0.326 e. The summed E-state index contributed by atoms with van der Waals surface area (Å²) in [5, 5.41) is 2.35. The van der Waals surface area contributed by atoms with E-state index in [2.05, 4.69) is 5.32 Å². The number of carbonyl (C=O) groups excluding carboxylic acids is 1. The number of aryl methyl sites for hydroxylation is 1. The molecule has 0 aliphatic carbocycles. The molecular formula is C15H9F5INO. The van der Waals surface area contributed by atoms with Gasteiger partial charge in [-0.2, -0.15) is 0 Å². The summed E-state index contributed by atoms with van der Waals surface area (Å²) in [5.41, 5.74) is 0.151. The molecule has 23 heavy (non-hydrogen) atoms. The third kappa shape index (κ3) is 3.62. The maximum absolute atomic E-state index is 13.5. The van der Waals surface area contributed by atoms with Gasteiger partial charge in [-0.25, -0.2) is 22.0 Å². The average Bonchev–Trinajstić information content (AvgIpc) is 2.51. The number of hydrogen-bond donors (Lipinski definition) is 1. The van der Waals surface area contributed by atoms with Crippen LogP contribution in [0.3, 0.4) is 0 Å². The van der Waals surface area contributed by atoms with Crippen LogP contribution in [0.2, 0.25) is 0 Å².